The van der Waals surface area contributed by atoms with Crippen LogP contribution >= 0.6 is 0 Å². The summed E-state index contributed by atoms with van der Waals surface area (Å²) in [6.07, 6.45) is 12.3. The fraction of sp³-hybridized carbons (Fsp3) is 0.750. The van der Waals surface area contributed by atoms with Crippen molar-refractivity contribution >= 4 is 5.82 Å². The summed E-state index contributed by atoms with van der Waals surface area (Å²) in [5, 5.41) is 0. The second kappa shape index (κ2) is 8.82. The van der Waals surface area contributed by atoms with Crippen LogP contribution in [0, 0.1) is 0 Å². The molecule has 0 atom stereocenters. The summed E-state index contributed by atoms with van der Waals surface area (Å²) in [5.41, 5.74) is 5.71. The molecule has 0 spiro atoms. The quantitative estimate of drug-likeness (QED) is 0.783. The van der Waals surface area contributed by atoms with Gasteiger partial charge in [-0.25, -0.2) is 0 Å². The highest BCUT2D eigenvalue weighted by atomic mass is 16.5. The van der Waals surface area contributed by atoms with Crippen molar-refractivity contribution < 1.29 is 4.74 Å². The minimum absolute atomic E-state index is 0.560. The molecule has 2 rings (SSSR count). The van der Waals surface area contributed by atoms with Crippen LogP contribution in [-0.2, 0) is 0 Å². The smallest absolute Gasteiger partial charge is 0.234 e. The lowest BCUT2D eigenvalue weighted by molar-refractivity contribution is 0.325. The van der Waals surface area contributed by atoms with Crippen molar-refractivity contribution in [1.82, 2.24) is 9.97 Å². The lowest BCUT2D eigenvalue weighted by Gasteiger charge is -2.32. The van der Waals surface area contributed by atoms with Crippen molar-refractivity contribution in [3.8, 4) is 5.88 Å². The van der Waals surface area contributed by atoms with E-state index in [0.29, 0.717) is 25.1 Å². The maximum absolute atomic E-state index is 5.71. The van der Waals surface area contributed by atoms with Crippen LogP contribution in [0.5, 0.6) is 5.88 Å². The van der Waals surface area contributed by atoms with Crippen molar-refractivity contribution in [3.05, 3.63) is 12.4 Å². The third kappa shape index (κ3) is 4.84. The van der Waals surface area contributed by atoms with Crippen LogP contribution < -0.4 is 15.4 Å². The van der Waals surface area contributed by atoms with Gasteiger partial charge in [0.2, 0.25) is 5.88 Å². The van der Waals surface area contributed by atoms with E-state index >= 15 is 0 Å². The lowest BCUT2D eigenvalue weighted by atomic mass is 10.1. The molecule has 21 heavy (non-hydrogen) atoms. The summed E-state index contributed by atoms with van der Waals surface area (Å²) in [5.74, 6) is 1.54. The Hall–Kier alpha value is -1.36. The van der Waals surface area contributed by atoms with Crippen LogP contribution in [0.2, 0.25) is 0 Å². The Labute approximate surface area is 127 Å². The SMILES string of the molecule is CCOc1cncc(N(CCCN)C2CCCCCC2)n1. The minimum Gasteiger partial charge on any atom is -0.477 e. The summed E-state index contributed by atoms with van der Waals surface area (Å²) < 4.78 is 5.49. The standard InChI is InChI=1S/C16H28N4O/c1-2-21-16-13-18-12-15(19-16)20(11-7-10-17)14-8-5-3-4-6-9-14/h12-14H,2-11,17H2,1H3. The summed E-state index contributed by atoms with van der Waals surface area (Å²) in [6, 6.07) is 0.560. The van der Waals surface area contributed by atoms with Gasteiger partial charge in [-0.1, -0.05) is 25.7 Å². The van der Waals surface area contributed by atoms with Gasteiger partial charge < -0.3 is 15.4 Å². The Morgan fingerprint density at radius 3 is 2.67 bits per heavy atom. The van der Waals surface area contributed by atoms with Gasteiger partial charge in [-0.15, -0.1) is 0 Å². The van der Waals surface area contributed by atoms with Gasteiger partial charge in [0.05, 0.1) is 19.0 Å². The van der Waals surface area contributed by atoms with Crippen LogP contribution in [-0.4, -0.2) is 35.7 Å². The molecule has 1 saturated carbocycles. The van der Waals surface area contributed by atoms with E-state index in [1.54, 1.807) is 6.20 Å². The maximum Gasteiger partial charge on any atom is 0.234 e. The van der Waals surface area contributed by atoms with E-state index in [0.717, 1.165) is 18.8 Å². The van der Waals surface area contributed by atoms with E-state index in [1.807, 2.05) is 13.1 Å². The lowest BCUT2D eigenvalue weighted by Crippen LogP contribution is -2.37. The van der Waals surface area contributed by atoms with E-state index in [9.17, 15) is 0 Å². The van der Waals surface area contributed by atoms with Gasteiger partial charge in [0.15, 0.2) is 5.82 Å². The van der Waals surface area contributed by atoms with Gasteiger partial charge >= 0.3 is 0 Å². The van der Waals surface area contributed by atoms with Gasteiger partial charge in [-0.2, -0.15) is 4.98 Å². The second-order valence-corrected chi connectivity index (χ2v) is 5.63. The molecular weight excluding hydrogens is 264 g/mol. The molecule has 118 valence electrons. The largest absolute Gasteiger partial charge is 0.477 e. The van der Waals surface area contributed by atoms with E-state index in [1.165, 1.54) is 38.5 Å². The Kier molecular flexibility index (Phi) is 6.73. The van der Waals surface area contributed by atoms with Gasteiger partial charge in [0, 0.05) is 12.6 Å². The first-order chi connectivity index (χ1) is 10.3. The fourth-order valence-electron chi connectivity index (χ4n) is 3.01. The van der Waals surface area contributed by atoms with E-state index < -0.39 is 0 Å². The van der Waals surface area contributed by atoms with Crippen molar-refractivity contribution in [1.29, 1.82) is 0 Å². The molecule has 0 saturated heterocycles. The molecule has 0 amide bonds. The minimum atomic E-state index is 0.560. The highest BCUT2D eigenvalue weighted by molar-refractivity contribution is 5.39. The third-order valence-electron chi connectivity index (χ3n) is 4.05. The summed E-state index contributed by atoms with van der Waals surface area (Å²) in [7, 11) is 0. The number of rotatable bonds is 7. The van der Waals surface area contributed by atoms with Crippen molar-refractivity contribution in [3.63, 3.8) is 0 Å². The molecule has 0 aromatic carbocycles. The van der Waals surface area contributed by atoms with Gasteiger partial charge in [-0.05, 0) is 32.7 Å². The Morgan fingerprint density at radius 2 is 2.00 bits per heavy atom. The average molecular weight is 292 g/mol. The molecule has 1 aliphatic rings. The molecule has 0 bridgehead atoms. The number of hydrogen-bond acceptors (Lipinski definition) is 5. The molecule has 5 heteroatoms. The normalized spacial score (nSPS) is 16.5. The van der Waals surface area contributed by atoms with Gasteiger partial charge in [0.25, 0.3) is 0 Å². The third-order valence-corrected chi connectivity index (χ3v) is 4.05. The van der Waals surface area contributed by atoms with Crippen molar-refractivity contribution in [2.24, 2.45) is 5.73 Å². The molecule has 0 unspecified atom stereocenters. The van der Waals surface area contributed by atoms with E-state index in [2.05, 4.69) is 14.9 Å². The first-order valence-corrected chi connectivity index (χ1v) is 8.26. The average Bonchev–Trinajstić information content (AvgIpc) is 2.78. The maximum atomic E-state index is 5.71. The van der Waals surface area contributed by atoms with E-state index in [-0.39, 0.29) is 0 Å². The number of ether oxygens (including phenoxy) is 1. The predicted molar refractivity (Wildman–Crippen MR) is 85.7 cm³/mol. The zero-order chi connectivity index (χ0) is 14.9. The van der Waals surface area contributed by atoms with Crippen molar-refractivity contribution in [2.75, 3.05) is 24.6 Å². The van der Waals surface area contributed by atoms with Crippen LogP contribution in [0.4, 0.5) is 5.82 Å². The fourth-order valence-corrected chi connectivity index (χ4v) is 3.01. The predicted octanol–water partition coefficient (Wildman–Crippen LogP) is 2.75. The van der Waals surface area contributed by atoms with Crippen LogP contribution in [0.25, 0.3) is 0 Å². The Balaban J connectivity index is 2.15. The molecule has 1 fully saturated rings. The number of hydrogen-bond donors (Lipinski definition) is 1. The van der Waals surface area contributed by atoms with Gasteiger partial charge in [-0.3, -0.25) is 4.98 Å². The van der Waals surface area contributed by atoms with Crippen molar-refractivity contribution in [2.45, 2.75) is 57.9 Å². The molecule has 2 N–H and O–H groups in total. The molecule has 0 aliphatic heterocycles. The summed E-state index contributed by atoms with van der Waals surface area (Å²) in [6.45, 7) is 4.24. The summed E-state index contributed by atoms with van der Waals surface area (Å²) >= 11 is 0. The zero-order valence-corrected chi connectivity index (χ0v) is 13.1. The molecule has 1 aliphatic carbocycles. The van der Waals surface area contributed by atoms with Crippen LogP contribution in [0.1, 0.15) is 51.9 Å². The highest BCUT2D eigenvalue weighted by Gasteiger charge is 2.21. The molecule has 0 radical (unpaired) electrons. The first-order valence-electron chi connectivity index (χ1n) is 8.26. The molecule has 1 aromatic heterocycles. The topological polar surface area (TPSA) is 64.3 Å². The Morgan fingerprint density at radius 1 is 1.24 bits per heavy atom. The highest BCUT2D eigenvalue weighted by Crippen LogP contribution is 2.26. The molecule has 5 nitrogen and oxygen atoms in total. The Bertz CT molecular complexity index is 405. The number of anilines is 1. The summed E-state index contributed by atoms with van der Waals surface area (Å²) in [4.78, 5) is 11.3. The molecular formula is C16H28N4O. The van der Waals surface area contributed by atoms with E-state index in [4.69, 9.17) is 10.5 Å². The number of nitrogens with zero attached hydrogens (tertiary/aromatic N) is 3. The van der Waals surface area contributed by atoms with Crippen LogP contribution in [0.15, 0.2) is 12.4 Å². The second-order valence-electron chi connectivity index (χ2n) is 5.63. The van der Waals surface area contributed by atoms with Gasteiger partial charge in [0.1, 0.15) is 0 Å². The molecule has 1 heterocycles. The first kappa shape index (κ1) is 16.0. The number of nitrogens with two attached hydrogens (primary N) is 1. The zero-order valence-electron chi connectivity index (χ0n) is 13.1. The number of aromatic nitrogens is 2. The van der Waals surface area contributed by atoms with Crippen LogP contribution in [0.3, 0.4) is 0 Å². The molecule has 1 aromatic rings. The monoisotopic (exact) mass is 292 g/mol.